The molecule has 1 heterocycles. The van der Waals surface area contributed by atoms with Crippen LogP contribution in [0.4, 0.5) is 5.69 Å². The zero-order valence-electron chi connectivity index (χ0n) is 10.1. The van der Waals surface area contributed by atoms with Gasteiger partial charge in [0.25, 0.3) is 5.69 Å². The molecular formula is C12H14N2O3. The van der Waals surface area contributed by atoms with Crippen LogP contribution in [-0.2, 0) is 6.42 Å². The molecule has 0 radical (unpaired) electrons. The molecule has 0 atom stereocenters. The predicted octanol–water partition coefficient (Wildman–Crippen LogP) is 3.42. The minimum atomic E-state index is -0.348. The monoisotopic (exact) mass is 234 g/mol. The quantitative estimate of drug-likeness (QED) is 0.602. The van der Waals surface area contributed by atoms with Gasteiger partial charge < -0.3 is 4.52 Å². The summed E-state index contributed by atoms with van der Waals surface area (Å²) in [5, 5.41) is 15.8. The Balaban J connectivity index is 2.85. The Morgan fingerprint density at radius 1 is 1.53 bits per heavy atom. The second-order valence-corrected chi connectivity index (χ2v) is 4.31. The van der Waals surface area contributed by atoms with Gasteiger partial charge in [-0.1, -0.05) is 25.9 Å². The Hall–Kier alpha value is -1.91. The van der Waals surface area contributed by atoms with Crippen LogP contribution >= 0.6 is 0 Å². The average Bonchev–Trinajstić information content (AvgIpc) is 2.74. The molecule has 0 amide bonds. The third kappa shape index (κ3) is 1.77. The van der Waals surface area contributed by atoms with Crippen molar-refractivity contribution in [2.45, 2.75) is 33.1 Å². The highest BCUT2D eigenvalue weighted by atomic mass is 16.6. The van der Waals surface area contributed by atoms with Crippen LogP contribution in [-0.4, -0.2) is 10.1 Å². The van der Waals surface area contributed by atoms with Gasteiger partial charge in [0.2, 0.25) is 0 Å². The molecule has 0 bridgehead atoms. The highest BCUT2D eigenvalue weighted by Crippen LogP contribution is 2.34. The lowest BCUT2D eigenvalue weighted by Crippen LogP contribution is -1.99. The maximum absolute atomic E-state index is 11.1. The van der Waals surface area contributed by atoms with Crippen LogP contribution in [0.3, 0.4) is 0 Å². The first kappa shape index (κ1) is 11.6. The molecule has 2 aromatic rings. The third-order valence-electron chi connectivity index (χ3n) is 2.94. The first-order valence-electron chi connectivity index (χ1n) is 5.60. The summed E-state index contributed by atoms with van der Waals surface area (Å²) < 4.78 is 4.96. The maximum Gasteiger partial charge on any atom is 0.275 e. The van der Waals surface area contributed by atoms with E-state index < -0.39 is 0 Å². The van der Waals surface area contributed by atoms with Gasteiger partial charge in [0.1, 0.15) is 11.8 Å². The Morgan fingerprint density at radius 3 is 2.76 bits per heavy atom. The number of rotatable bonds is 3. The van der Waals surface area contributed by atoms with Gasteiger partial charge in [-0.3, -0.25) is 10.1 Å². The second kappa shape index (κ2) is 4.16. The predicted molar refractivity (Wildman–Crippen MR) is 64.1 cm³/mol. The maximum atomic E-state index is 11.1. The summed E-state index contributed by atoms with van der Waals surface area (Å²) in [6.45, 7) is 5.87. The lowest BCUT2D eigenvalue weighted by atomic mass is 9.95. The molecule has 1 aromatic carbocycles. The van der Waals surface area contributed by atoms with Crippen molar-refractivity contribution in [1.82, 2.24) is 5.16 Å². The van der Waals surface area contributed by atoms with Crippen LogP contribution < -0.4 is 0 Å². The fraction of sp³-hybridized carbons (Fsp3) is 0.417. The molecule has 0 aliphatic rings. The lowest BCUT2D eigenvalue weighted by Gasteiger charge is -2.08. The number of aryl methyl sites for hydroxylation is 1. The first-order valence-corrected chi connectivity index (χ1v) is 5.60. The van der Waals surface area contributed by atoms with E-state index in [0.717, 1.165) is 10.9 Å². The van der Waals surface area contributed by atoms with Crippen molar-refractivity contribution in [2.24, 2.45) is 0 Å². The van der Waals surface area contributed by atoms with Gasteiger partial charge in [0, 0.05) is 11.5 Å². The Kier molecular flexibility index (Phi) is 2.83. The van der Waals surface area contributed by atoms with Crippen LogP contribution in [0.15, 0.2) is 16.9 Å². The summed E-state index contributed by atoms with van der Waals surface area (Å²) in [4.78, 5) is 10.7. The van der Waals surface area contributed by atoms with Crippen molar-refractivity contribution in [2.75, 3.05) is 0 Å². The summed E-state index contributed by atoms with van der Waals surface area (Å²) in [6, 6.07) is 1.64. The molecule has 5 nitrogen and oxygen atoms in total. The molecule has 0 spiro atoms. The molecule has 0 aliphatic heterocycles. The van der Waals surface area contributed by atoms with E-state index in [1.54, 1.807) is 12.3 Å². The lowest BCUT2D eigenvalue weighted by molar-refractivity contribution is -0.385. The summed E-state index contributed by atoms with van der Waals surface area (Å²) in [7, 11) is 0. The van der Waals surface area contributed by atoms with Crippen molar-refractivity contribution in [1.29, 1.82) is 0 Å². The van der Waals surface area contributed by atoms with E-state index in [0.29, 0.717) is 17.5 Å². The van der Waals surface area contributed by atoms with E-state index in [2.05, 4.69) is 5.16 Å². The summed E-state index contributed by atoms with van der Waals surface area (Å²) in [5.41, 5.74) is 2.30. The second-order valence-electron chi connectivity index (χ2n) is 4.31. The van der Waals surface area contributed by atoms with Crippen molar-refractivity contribution in [3.8, 4) is 0 Å². The molecule has 0 aliphatic carbocycles. The van der Waals surface area contributed by atoms with E-state index in [1.807, 2.05) is 20.8 Å². The highest BCUT2D eigenvalue weighted by Gasteiger charge is 2.22. The van der Waals surface area contributed by atoms with Gasteiger partial charge >= 0.3 is 0 Å². The molecule has 0 unspecified atom stereocenters. The number of fused-ring (bicyclic) bond motifs is 1. The van der Waals surface area contributed by atoms with E-state index in [4.69, 9.17) is 4.52 Å². The number of hydrogen-bond acceptors (Lipinski definition) is 4. The zero-order valence-corrected chi connectivity index (χ0v) is 10.1. The van der Waals surface area contributed by atoms with Crippen LogP contribution in [0.5, 0.6) is 0 Å². The van der Waals surface area contributed by atoms with Gasteiger partial charge in [-0.25, -0.2) is 0 Å². The molecule has 2 rings (SSSR count). The molecular weight excluding hydrogens is 220 g/mol. The van der Waals surface area contributed by atoms with Crippen molar-refractivity contribution < 1.29 is 9.45 Å². The van der Waals surface area contributed by atoms with Crippen molar-refractivity contribution in [3.05, 3.63) is 33.6 Å². The zero-order chi connectivity index (χ0) is 12.6. The molecule has 0 saturated carbocycles. The molecule has 90 valence electrons. The Bertz CT molecular complexity index is 572. The van der Waals surface area contributed by atoms with Crippen LogP contribution in [0.2, 0.25) is 0 Å². The minimum Gasteiger partial charge on any atom is -0.363 e. The van der Waals surface area contributed by atoms with Gasteiger partial charge in [-0.2, -0.15) is 0 Å². The third-order valence-corrected chi connectivity index (χ3v) is 2.94. The van der Waals surface area contributed by atoms with Crippen molar-refractivity contribution in [3.63, 3.8) is 0 Å². The summed E-state index contributed by atoms with van der Waals surface area (Å²) in [5.74, 6) is 0.196. The fourth-order valence-electron chi connectivity index (χ4n) is 2.08. The normalized spacial score (nSPS) is 11.3. The smallest absolute Gasteiger partial charge is 0.275 e. The Morgan fingerprint density at radius 2 is 2.24 bits per heavy atom. The highest BCUT2D eigenvalue weighted by molar-refractivity contribution is 5.88. The van der Waals surface area contributed by atoms with E-state index in [9.17, 15) is 10.1 Å². The Labute approximate surface area is 98.6 Å². The minimum absolute atomic E-state index is 0.137. The molecule has 5 heteroatoms. The van der Waals surface area contributed by atoms with Crippen LogP contribution in [0, 0.1) is 10.1 Å². The number of hydrogen-bond donors (Lipinski definition) is 0. The van der Waals surface area contributed by atoms with Crippen molar-refractivity contribution >= 4 is 16.6 Å². The average molecular weight is 234 g/mol. The molecule has 0 saturated heterocycles. The number of benzene rings is 1. The van der Waals surface area contributed by atoms with Gasteiger partial charge in [-0.15, -0.1) is 0 Å². The first-order chi connectivity index (χ1) is 8.06. The van der Waals surface area contributed by atoms with Gasteiger partial charge in [-0.05, 0) is 17.9 Å². The SMILES string of the molecule is CCc1c([N+](=O)[O-])cc(C(C)C)c2conc12. The number of aromatic nitrogens is 1. The summed E-state index contributed by atoms with van der Waals surface area (Å²) in [6.07, 6.45) is 2.13. The number of nitrogens with zero attached hydrogens (tertiary/aromatic N) is 2. The fourth-order valence-corrected chi connectivity index (χ4v) is 2.08. The molecule has 17 heavy (non-hydrogen) atoms. The topological polar surface area (TPSA) is 69.2 Å². The van der Waals surface area contributed by atoms with E-state index in [1.165, 1.54) is 0 Å². The molecule has 0 N–H and O–H groups in total. The molecule has 0 fully saturated rings. The van der Waals surface area contributed by atoms with Gasteiger partial charge in [0.05, 0.1) is 10.5 Å². The van der Waals surface area contributed by atoms with Crippen LogP contribution in [0.25, 0.3) is 10.9 Å². The number of nitro benzene ring substituents is 1. The standard InChI is InChI=1S/C12H14N2O3/c1-4-8-11(14(15)16)5-9(7(2)3)10-6-17-13-12(8)10/h5-7H,4H2,1-3H3. The largest absolute Gasteiger partial charge is 0.363 e. The molecule has 1 aromatic heterocycles. The van der Waals surface area contributed by atoms with E-state index >= 15 is 0 Å². The van der Waals surface area contributed by atoms with Gasteiger partial charge in [0.15, 0.2) is 0 Å². The number of nitro groups is 1. The van der Waals surface area contributed by atoms with E-state index in [-0.39, 0.29) is 16.5 Å². The summed E-state index contributed by atoms with van der Waals surface area (Å²) >= 11 is 0. The van der Waals surface area contributed by atoms with Crippen LogP contribution in [0.1, 0.15) is 37.8 Å².